The summed E-state index contributed by atoms with van der Waals surface area (Å²) in [5.74, 6) is 0.0647. The van der Waals surface area contributed by atoms with Crippen LogP contribution in [0.1, 0.15) is 37.6 Å². The number of nitrogen functional groups attached to an aromatic ring is 1. The van der Waals surface area contributed by atoms with E-state index in [1.165, 1.54) is 19.2 Å². The first-order valence-electron chi connectivity index (χ1n) is 10.6. The van der Waals surface area contributed by atoms with Crippen LogP contribution in [-0.4, -0.2) is 87.0 Å². The molecule has 3 N–H and O–H groups in total. The standard InChI is InChI=1S/C22H35ClN4O5/c1-22(2,3)32-21(29)26(4)9-10-27-8-7-17(19(13-27)31-6)25-20(28)14-11-15(23)16(24)12-18(14)30-5/h11-12,17,19H,7-10,13,24H2,1-6H3,(H,25,28)/t17-,19+/m0/s1. The molecule has 0 saturated carbocycles. The number of benzene rings is 1. The number of anilines is 1. The van der Waals surface area contributed by atoms with Crippen LogP contribution in [-0.2, 0) is 9.47 Å². The Morgan fingerprint density at radius 2 is 2.00 bits per heavy atom. The van der Waals surface area contributed by atoms with Crippen LogP contribution in [0.5, 0.6) is 5.75 Å². The molecule has 1 saturated heterocycles. The van der Waals surface area contributed by atoms with Gasteiger partial charge in [-0.2, -0.15) is 0 Å². The van der Waals surface area contributed by atoms with Crippen molar-refractivity contribution in [3.05, 3.63) is 22.7 Å². The summed E-state index contributed by atoms with van der Waals surface area (Å²) >= 11 is 6.09. The van der Waals surface area contributed by atoms with Crippen molar-refractivity contribution in [2.45, 2.75) is 44.9 Å². The van der Waals surface area contributed by atoms with Gasteiger partial charge in [-0.1, -0.05) is 11.6 Å². The van der Waals surface area contributed by atoms with Gasteiger partial charge in [-0.25, -0.2) is 4.79 Å². The highest BCUT2D eigenvalue weighted by molar-refractivity contribution is 6.33. The molecule has 0 bridgehead atoms. The summed E-state index contributed by atoms with van der Waals surface area (Å²) in [7, 11) is 4.82. The van der Waals surface area contributed by atoms with Gasteiger partial charge in [0.2, 0.25) is 0 Å². The largest absolute Gasteiger partial charge is 0.496 e. The number of methoxy groups -OCH3 is 2. The molecule has 0 unspecified atom stereocenters. The van der Waals surface area contributed by atoms with E-state index in [1.807, 2.05) is 20.8 Å². The number of hydrogen-bond donors (Lipinski definition) is 2. The van der Waals surface area contributed by atoms with E-state index in [9.17, 15) is 9.59 Å². The molecule has 0 spiro atoms. The zero-order chi connectivity index (χ0) is 24.1. The van der Waals surface area contributed by atoms with Crippen molar-refractivity contribution in [1.29, 1.82) is 0 Å². The minimum absolute atomic E-state index is 0.173. The average Bonchev–Trinajstić information content (AvgIpc) is 2.72. The van der Waals surface area contributed by atoms with E-state index >= 15 is 0 Å². The fraction of sp³-hybridized carbons (Fsp3) is 0.636. The van der Waals surface area contributed by atoms with Crippen molar-refractivity contribution in [2.24, 2.45) is 0 Å². The molecule has 180 valence electrons. The molecule has 0 radical (unpaired) electrons. The number of piperidine rings is 1. The van der Waals surface area contributed by atoms with Gasteiger partial charge in [-0.05, 0) is 33.3 Å². The molecule has 1 aromatic rings. The van der Waals surface area contributed by atoms with Crippen LogP contribution >= 0.6 is 11.6 Å². The number of nitrogens with two attached hydrogens (primary N) is 1. The summed E-state index contributed by atoms with van der Waals surface area (Å²) in [6.07, 6.45) is 0.152. The summed E-state index contributed by atoms with van der Waals surface area (Å²) in [4.78, 5) is 28.8. The first-order valence-corrected chi connectivity index (χ1v) is 11.0. The number of rotatable bonds is 7. The lowest BCUT2D eigenvalue weighted by Crippen LogP contribution is -2.55. The van der Waals surface area contributed by atoms with Gasteiger partial charge in [0, 0.05) is 46.4 Å². The van der Waals surface area contributed by atoms with Crippen LogP contribution in [0.25, 0.3) is 0 Å². The minimum atomic E-state index is -0.527. The zero-order valence-corrected chi connectivity index (χ0v) is 20.5. The van der Waals surface area contributed by atoms with Gasteiger partial charge in [-0.3, -0.25) is 9.69 Å². The van der Waals surface area contributed by atoms with E-state index < -0.39 is 5.60 Å². The lowest BCUT2D eigenvalue weighted by Gasteiger charge is -2.38. The maximum atomic E-state index is 12.9. The predicted octanol–water partition coefficient (Wildman–Crippen LogP) is 2.62. The van der Waals surface area contributed by atoms with Gasteiger partial charge in [0.15, 0.2) is 0 Å². The Morgan fingerprint density at radius 1 is 1.31 bits per heavy atom. The van der Waals surface area contributed by atoms with Crippen LogP contribution in [0.4, 0.5) is 10.5 Å². The Hall–Kier alpha value is -2.23. The first-order chi connectivity index (χ1) is 14.9. The predicted molar refractivity (Wildman–Crippen MR) is 124 cm³/mol. The van der Waals surface area contributed by atoms with E-state index in [0.29, 0.717) is 48.1 Å². The lowest BCUT2D eigenvalue weighted by molar-refractivity contribution is 0.00123. The number of amides is 2. The Balaban J connectivity index is 1.93. The second-order valence-electron chi connectivity index (χ2n) is 8.92. The van der Waals surface area contributed by atoms with Crippen molar-refractivity contribution < 1.29 is 23.8 Å². The zero-order valence-electron chi connectivity index (χ0n) is 19.7. The van der Waals surface area contributed by atoms with Gasteiger partial charge < -0.3 is 30.2 Å². The van der Waals surface area contributed by atoms with E-state index in [2.05, 4.69) is 10.2 Å². The summed E-state index contributed by atoms with van der Waals surface area (Å²) in [5, 5.41) is 3.33. The van der Waals surface area contributed by atoms with Crippen LogP contribution in [0.15, 0.2) is 12.1 Å². The van der Waals surface area contributed by atoms with E-state index in [1.54, 1.807) is 19.1 Å². The van der Waals surface area contributed by atoms with Gasteiger partial charge in [0.25, 0.3) is 5.91 Å². The number of hydrogen-bond acceptors (Lipinski definition) is 7. The highest BCUT2D eigenvalue weighted by Crippen LogP contribution is 2.29. The van der Waals surface area contributed by atoms with Crippen molar-refractivity contribution in [3.63, 3.8) is 0 Å². The fourth-order valence-electron chi connectivity index (χ4n) is 3.47. The average molecular weight is 471 g/mol. The number of likely N-dealkylation sites (tertiary alicyclic amines) is 1. The number of likely N-dealkylation sites (N-methyl/N-ethyl adjacent to an activating group) is 1. The molecule has 2 rings (SSSR count). The molecule has 1 heterocycles. The number of halogens is 1. The van der Waals surface area contributed by atoms with Crippen LogP contribution in [0.2, 0.25) is 5.02 Å². The van der Waals surface area contributed by atoms with Crippen molar-refractivity contribution in [2.75, 3.05) is 53.2 Å². The molecule has 2 atom stereocenters. The number of carbonyl (C=O) groups excluding carboxylic acids is 2. The third kappa shape index (κ3) is 7.15. The number of ether oxygens (including phenoxy) is 3. The maximum Gasteiger partial charge on any atom is 0.410 e. The highest BCUT2D eigenvalue weighted by Gasteiger charge is 2.31. The fourth-order valence-corrected chi connectivity index (χ4v) is 3.64. The molecular formula is C22H35ClN4O5. The Labute approximate surface area is 195 Å². The summed E-state index contributed by atoms with van der Waals surface area (Å²) in [6.45, 7) is 8.12. The topological polar surface area (TPSA) is 106 Å². The monoisotopic (exact) mass is 470 g/mol. The molecule has 0 aromatic heterocycles. The Morgan fingerprint density at radius 3 is 2.59 bits per heavy atom. The van der Waals surface area contributed by atoms with Crippen LogP contribution in [0.3, 0.4) is 0 Å². The molecule has 9 nitrogen and oxygen atoms in total. The lowest BCUT2D eigenvalue weighted by atomic mass is 10.0. The third-order valence-electron chi connectivity index (χ3n) is 5.28. The Kier molecular flexibility index (Phi) is 9.00. The van der Waals surface area contributed by atoms with Crippen molar-refractivity contribution in [1.82, 2.24) is 15.1 Å². The van der Waals surface area contributed by atoms with Crippen LogP contribution < -0.4 is 15.8 Å². The minimum Gasteiger partial charge on any atom is -0.496 e. The molecule has 1 aliphatic rings. The van der Waals surface area contributed by atoms with Gasteiger partial charge in [0.1, 0.15) is 11.4 Å². The van der Waals surface area contributed by atoms with Crippen molar-refractivity contribution in [3.8, 4) is 5.75 Å². The second-order valence-corrected chi connectivity index (χ2v) is 9.33. The molecule has 0 aliphatic carbocycles. The molecule has 1 aromatic carbocycles. The second kappa shape index (κ2) is 11.1. The molecule has 32 heavy (non-hydrogen) atoms. The van der Waals surface area contributed by atoms with E-state index in [4.69, 9.17) is 31.5 Å². The molecule has 1 fully saturated rings. The molecular weight excluding hydrogens is 436 g/mol. The highest BCUT2D eigenvalue weighted by atomic mass is 35.5. The summed E-state index contributed by atoms with van der Waals surface area (Å²) in [6, 6.07) is 2.87. The van der Waals surface area contributed by atoms with Gasteiger partial charge >= 0.3 is 6.09 Å². The van der Waals surface area contributed by atoms with Gasteiger partial charge in [0.05, 0.1) is 35.5 Å². The smallest absolute Gasteiger partial charge is 0.410 e. The van der Waals surface area contributed by atoms with E-state index in [0.717, 1.165) is 6.54 Å². The SMILES string of the molecule is COc1cc(N)c(Cl)cc1C(=O)N[C@H]1CCN(CCN(C)C(=O)OC(C)(C)C)C[C@H]1OC. The number of nitrogens with zero attached hydrogens (tertiary/aromatic N) is 2. The summed E-state index contributed by atoms with van der Waals surface area (Å²) in [5.41, 5.74) is 5.95. The number of carbonyl (C=O) groups is 2. The molecule has 10 heteroatoms. The normalized spacial score (nSPS) is 19.3. The van der Waals surface area contributed by atoms with E-state index in [-0.39, 0.29) is 24.1 Å². The Bertz CT molecular complexity index is 814. The number of nitrogens with one attached hydrogen (secondary N) is 1. The molecule has 2 amide bonds. The third-order valence-corrected chi connectivity index (χ3v) is 5.61. The quantitative estimate of drug-likeness (QED) is 0.590. The van der Waals surface area contributed by atoms with Gasteiger partial charge in [-0.15, -0.1) is 0 Å². The molecule has 1 aliphatic heterocycles. The van der Waals surface area contributed by atoms with Crippen LogP contribution in [0, 0.1) is 0 Å². The van der Waals surface area contributed by atoms with Crippen molar-refractivity contribution >= 4 is 29.3 Å². The maximum absolute atomic E-state index is 12.9. The summed E-state index contributed by atoms with van der Waals surface area (Å²) < 4.78 is 16.3. The first kappa shape index (κ1) is 26.0.